The van der Waals surface area contributed by atoms with Crippen LogP contribution in [-0.2, 0) is 20.1 Å². The molecule has 1 N–H and O–H groups in total. The Balaban J connectivity index is 1.61. The first kappa shape index (κ1) is 19.2. The lowest BCUT2D eigenvalue weighted by atomic mass is 10.1. The standard InChI is InChI=1S/C20H21ClN6O2/c1-3-4-9-27-16-8-7-15(18(21)19(16)23-24-27)13-5-6-14(22-10-13)11-26-12-17(28)25(2)20(26)29/h5-8,10,12,28H,3-4,9,11H2,1-2H3. The molecule has 4 rings (SSSR count). The summed E-state index contributed by atoms with van der Waals surface area (Å²) in [6.07, 6.45) is 5.23. The van der Waals surface area contributed by atoms with Crippen molar-refractivity contribution in [2.24, 2.45) is 7.05 Å². The number of hydrogen-bond acceptors (Lipinski definition) is 5. The number of aryl methyl sites for hydroxylation is 1. The van der Waals surface area contributed by atoms with Gasteiger partial charge in [-0.1, -0.05) is 42.3 Å². The summed E-state index contributed by atoms with van der Waals surface area (Å²) in [5.74, 6) is -0.0845. The van der Waals surface area contributed by atoms with Gasteiger partial charge in [0.1, 0.15) is 5.52 Å². The van der Waals surface area contributed by atoms with Crippen LogP contribution < -0.4 is 5.69 Å². The Kier molecular flexibility index (Phi) is 5.10. The van der Waals surface area contributed by atoms with E-state index >= 15 is 0 Å². The van der Waals surface area contributed by atoms with E-state index in [1.807, 2.05) is 28.9 Å². The Morgan fingerprint density at radius 3 is 2.69 bits per heavy atom. The number of nitrogens with zero attached hydrogens (tertiary/aromatic N) is 6. The number of unbranched alkanes of at least 4 members (excludes halogenated alkanes) is 1. The van der Waals surface area contributed by atoms with Crippen molar-refractivity contribution in [3.05, 3.63) is 57.9 Å². The Labute approximate surface area is 172 Å². The molecule has 1 aromatic carbocycles. The molecule has 8 nitrogen and oxygen atoms in total. The molecule has 0 radical (unpaired) electrons. The molecule has 0 aliphatic carbocycles. The van der Waals surface area contributed by atoms with Crippen molar-refractivity contribution in [2.75, 3.05) is 0 Å². The summed E-state index contributed by atoms with van der Waals surface area (Å²) in [5, 5.41) is 18.7. The molecule has 0 bridgehead atoms. The largest absolute Gasteiger partial charge is 0.493 e. The Hall–Kier alpha value is -3.13. The number of aromatic hydroxyl groups is 1. The monoisotopic (exact) mass is 412 g/mol. The molecule has 0 saturated heterocycles. The van der Waals surface area contributed by atoms with Gasteiger partial charge in [0.05, 0.1) is 29.0 Å². The lowest BCUT2D eigenvalue weighted by molar-refractivity contribution is 0.429. The van der Waals surface area contributed by atoms with Gasteiger partial charge in [0.2, 0.25) is 5.88 Å². The van der Waals surface area contributed by atoms with Crippen LogP contribution >= 0.6 is 11.6 Å². The first-order valence-corrected chi connectivity index (χ1v) is 9.79. The van der Waals surface area contributed by atoms with E-state index in [0.29, 0.717) is 16.2 Å². The van der Waals surface area contributed by atoms with E-state index in [1.54, 1.807) is 6.20 Å². The van der Waals surface area contributed by atoms with Gasteiger partial charge < -0.3 is 5.11 Å². The van der Waals surface area contributed by atoms with Gasteiger partial charge in [0.25, 0.3) is 0 Å². The van der Waals surface area contributed by atoms with Crippen molar-refractivity contribution < 1.29 is 5.11 Å². The summed E-state index contributed by atoms with van der Waals surface area (Å²) < 4.78 is 4.46. The first-order valence-electron chi connectivity index (χ1n) is 9.41. The number of hydrogen-bond donors (Lipinski definition) is 1. The molecule has 0 aliphatic heterocycles. The number of aromatic nitrogens is 6. The second-order valence-corrected chi connectivity index (χ2v) is 7.33. The smallest absolute Gasteiger partial charge is 0.331 e. The average molecular weight is 413 g/mol. The fourth-order valence-corrected chi connectivity index (χ4v) is 3.54. The highest BCUT2D eigenvalue weighted by Gasteiger charge is 2.14. The molecule has 29 heavy (non-hydrogen) atoms. The molecule has 4 aromatic rings. The molecule has 0 unspecified atom stereocenters. The molecular weight excluding hydrogens is 392 g/mol. The fourth-order valence-electron chi connectivity index (χ4n) is 3.24. The lowest BCUT2D eigenvalue weighted by Gasteiger charge is -2.07. The minimum absolute atomic E-state index is 0.0845. The van der Waals surface area contributed by atoms with Gasteiger partial charge in [-0.05, 0) is 18.6 Å². The Bertz CT molecular complexity index is 1220. The van der Waals surface area contributed by atoms with Crippen LogP contribution in [0.5, 0.6) is 5.88 Å². The molecule has 3 aromatic heterocycles. The molecule has 0 fully saturated rings. The molecule has 0 saturated carbocycles. The highest BCUT2D eigenvalue weighted by molar-refractivity contribution is 6.37. The SMILES string of the molecule is CCCCn1nnc2c(Cl)c(-c3ccc(Cn4cc(O)n(C)c4=O)nc3)ccc21. The van der Waals surface area contributed by atoms with Crippen LogP contribution in [0.15, 0.2) is 41.5 Å². The quantitative estimate of drug-likeness (QED) is 0.525. The molecule has 0 aliphatic rings. The first-order chi connectivity index (χ1) is 14.0. The van der Waals surface area contributed by atoms with Crippen molar-refractivity contribution in [3.63, 3.8) is 0 Å². The summed E-state index contributed by atoms with van der Waals surface area (Å²) in [7, 11) is 1.52. The second kappa shape index (κ2) is 7.71. The van der Waals surface area contributed by atoms with Crippen molar-refractivity contribution in [1.29, 1.82) is 0 Å². The van der Waals surface area contributed by atoms with E-state index in [2.05, 4.69) is 22.2 Å². The molecule has 0 spiro atoms. The fraction of sp³-hybridized carbons (Fsp3) is 0.300. The van der Waals surface area contributed by atoms with Crippen LogP contribution in [0.2, 0.25) is 5.02 Å². The third kappa shape index (κ3) is 3.51. The van der Waals surface area contributed by atoms with Crippen molar-refractivity contribution in [2.45, 2.75) is 32.9 Å². The summed E-state index contributed by atoms with van der Waals surface area (Å²) in [6, 6.07) is 7.68. The predicted molar refractivity (Wildman–Crippen MR) is 111 cm³/mol. The van der Waals surface area contributed by atoms with E-state index < -0.39 is 0 Å². The molecular formula is C20H21ClN6O2. The minimum atomic E-state index is -0.298. The topological polar surface area (TPSA) is 90.8 Å². The normalized spacial score (nSPS) is 11.4. The van der Waals surface area contributed by atoms with E-state index in [9.17, 15) is 9.90 Å². The number of imidazole rings is 1. The summed E-state index contributed by atoms with van der Waals surface area (Å²) in [6.45, 7) is 3.22. The molecule has 3 heterocycles. The maximum atomic E-state index is 12.0. The Morgan fingerprint density at radius 1 is 1.21 bits per heavy atom. The van der Waals surface area contributed by atoms with E-state index in [0.717, 1.165) is 36.0 Å². The van der Waals surface area contributed by atoms with Crippen LogP contribution in [0.25, 0.3) is 22.2 Å². The number of pyridine rings is 1. The van der Waals surface area contributed by atoms with Crippen molar-refractivity contribution in [1.82, 2.24) is 29.1 Å². The average Bonchev–Trinajstić information content (AvgIpc) is 3.24. The van der Waals surface area contributed by atoms with Crippen molar-refractivity contribution in [3.8, 4) is 17.0 Å². The third-order valence-corrected chi connectivity index (χ3v) is 5.35. The zero-order chi connectivity index (χ0) is 20.5. The second-order valence-electron chi connectivity index (χ2n) is 6.96. The lowest BCUT2D eigenvalue weighted by Crippen LogP contribution is -2.22. The highest BCUT2D eigenvalue weighted by atomic mass is 35.5. The van der Waals surface area contributed by atoms with Crippen LogP contribution in [-0.4, -0.2) is 34.2 Å². The van der Waals surface area contributed by atoms with Gasteiger partial charge >= 0.3 is 5.69 Å². The van der Waals surface area contributed by atoms with Gasteiger partial charge in [-0.2, -0.15) is 0 Å². The van der Waals surface area contributed by atoms with Gasteiger partial charge in [0, 0.05) is 30.9 Å². The molecule has 0 amide bonds. The van der Waals surface area contributed by atoms with Crippen molar-refractivity contribution >= 4 is 22.6 Å². The minimum Gasteiger partial charge on any atom is -0.493 e. The van der Waals surface area contributed by atoms with E-state index in [4.69, 9.17) is 11.6 Å². The van der Waals surface area contributed by atoms with Gasteiger partial charge in [-0.15, -0.1) is 5.10 Å². The van der Waals surface area contributed by atoms with E-state index in [1.165, 1.54) is 22.4 Å². The Morgan fingerprint density at radius 2 is 2.03 bits per heavy atom. The third-order valence-electron chi connectivity index (χ3n) is 4.96. The zero-order valence-corrected chi connectivity index (χ0v) is 17.0. The van der Waals surface area contributed by atoms with Crippen LogP contribution in [0.4, 0.5) is 0 Å². The van der Waals surface area contributed by atoms with Gasteiger partial charge in [-0.25, -0.2) is 9.48 Å². The zero-order valence-electron chi connectivity index (χ0n) is 16.2. The number of halogens is 1. The maximum absolute atomic E-state index is 12.0. The van der Waals surface area contributed by atoms with Gasteiger partial charge in [0.15, 0.2) is 0 Å². The molecule has 9 heteroatoms. The molecule has 0 atom stereocenters. The summed E-state index contributed by atoms with van der Waals surface area (Å²) in [5.41, 5.74) is 3.68. The highest BCUT2D eigenvalue weighted by Crippen LogP contribution is 2.33. The number of benzene rings is 1. The summed E-state index contributed by atoms with van der Waals surface area (Å²) >= 11 is 6.61. The van der Waals surface area contributed by atoms with Crippen LogP contribution in [0.3, 0.4) is 0 Å². The number of fused-ring (bicyclic) bond motifs is 1. The van der Waals surface area contributed by atoms with E-state index in [-0.39, 0.29) is 18.1 Å². The van der Waals surface area contributed by atoms with Crippen LogP contribution in [0, 0.1) is 0 Å². The molecule has 150 valence electrons. The number of rotatable bonds is 6. The maximum Gasteiger partial charge on any atom is 0.331 e. The summed E-state index contributed by atoms with van der Waals surface area (Å²) in [4.78, 5) is 16.5. The van der Waals surface area contributed by atoms with Gasteiger partial charge in [-0.3, -0.25) is 14.1 Å². The van der Waals surface area contributed by atoms with Crippen LogP contribution in [0.1, 0.15) is 25.5 Å². The predicted octanol–water partition coefficient (Wildman–Crippen LogP) is 3.20.